The summed E-state index contributed by atoms with van der Waals surface area (Å²) in [4.78, 5) is 22.6. The number of nitro groups is 1. The molecule has 0 saturated carbocycles. The maximum atomic E-state index is 12.2. The first-order chi connectivity index (χ1) is 13.4. The lowest BCUT2D eigenvalue weighted by molar-refractivity contribution is -0.384. The van der Waals surface area contributed by atoms with Crippen molar-refractivity contribution in [3.8, 4) is 11.3 Å². The molecule has 3 aromatic rings. The standard InChI is InChI=1S/C20H18N4O3S/c1-13-5-3-8-17(14(13)2)21-19(25)12-28-20-10-9-18(22-23-20)15-6-4-7-16(11-15)24(26)27/h3-11H,12H2,1-2H3,(H,21,25). The topological polar surface area (TPSA) is 98.0 Å². The number of carbonyl (C=O) groups excluding carboxylic acids is 1. The van der Waals surface area contributed by atoms with Gasteiger partial charge in [0.15, 0.2) is 0 Å². The van der Waals surface area contributed by atoms with Crippen LogP contribution in [0.5, 0.6) is 0 Å². The number of hydrogen-bond donors (Lipinski definition) is 1. The first-order valence-corrected chi connectivity index (χ1v) is 9.50. The normalized spacial score (nSPS) is 10.5. The van der Waals surface area contributed by atoms with Crippen LogP contribution < -0.4 is 5.32 Å². The molecule has 142 valence electrons. The van der Waals surface area contributed by atoms with Gasteiger partial charge in [-0.15, -0.1) is 10.2 Å². The summed E-state index contributed by atoms with van der Waals surface area (Å²) in [5.41, 5.74) is 4.12. The average Bonchev–Trinajstić information content (AvgIpc) is 2.70. The lowest BCUT2D eigenvalue weighted by Gasteiger charge is -2.10. The Bertz CT molecular complexity index is 1020. The minimum absolute atomic E-state index is 0.000801. The predicted molar refractivity (Wildman–Crippen MR) is 109 cm³/mol. The second kappa shape index (κ2) is 8.62. The van der Waals surface area contributed by atoms with Crippen LogP contribution in [0.15, 0.2) is 59.6 Å². The molecule has 0 aliphatic rings. The average molecular weight is 394 g/mol. The van der Waals surface area contributed by atoms with Crippen LogP contribution in [-0.2, 0) is 4.79 Å². The molecule has 0 unspecified atom stereocenters. The van der Waals surface area contributed by atoms with Crippen molar-refractivity contribution >= 4 is 29.0 Å². The van der Waals surface area contributed by atoms with Crippen LogP contribution in [0.4, 0.5) is 11.4 Å². The number of amides is 1. The van der Waals surface area contributed by atoms with Crippen molar-refractivity contribution in [2.24, 2.45) is 0 Å². The number of anilines is 1. The van der Waals surface area contributed by atoms with E-state index in [4.69, 9.17) is 0 Å². The molecule has 0 aliphatic carbocycles. The molecule has 1 amide bonds. The Morgan fingerprint density at radius 1 is 1.11 bits per heavy atom. The zero-order valence-electron chi connectivity index (χ0n) is 15.4. The third kappa shape index (κ3) is 4.72. The Morgan fingerprint density at radius 3 is 2.61 bits per heavy atom. The molecule has 8 heteroatoms. The number of non-ortho nitro benzene ring substituents is 1. The van der Waals surface area contributed by atoms with Gasteiger partial charge in [-0.05, 0) is 43.2 Å². The van der Waals surface area contributed by atoms with E-state index in [0.717, 1.165) is 16.8 Å². The van der Waals surface area contributed by atoms with Crippen LogP contribution in [-0.4, -0.2) is 26.8 Å². The molecule has 2 aromatic carbocycles. The number of benzene rings is 2. The van der Waals surface area contributed by atoms with Gasteiger partial charge in [0.25, 0.3) is 5.69 Å². The Hall–Kier alpha value is -3.26. The molecule has 1 N–H and O–H groups in total. The lowest BCUT2D eigenvalue weighted by Crippen LogP contribution is -2.15. The van der Waals surface area contributed by atoms with Gasteiger partial charge in [0, 0.05) is 23.4 Å². The number of hydrogen-bond acceptors (Lipinski definition) is 6. The number of aromatic nitrogens is 2. The van der Waals surface area contributed by atoms with Gasteiger partial charge in [0.2, 0.25) is 5.91 Å². The van der Waals surface area contributed by atoms with E-state index in [1.165, 1.54) is 23.9 Å². The number of nitrogens with one attached hydrogen (secondary N) is 1. The Balaban J connectivity index is 1.61. The van der Waals surface area contributed by atoms with Gasteiger partial charge in [-0.3, -0.25) is 14.9 Å². The second-order valence-corrected chi connectivity index (χ2v) is 7.14. The van der Waals surface area contributed by atoms with Crippen LogP contribution in [0.25, 0.3) is 11.3 Å². The molecule has 1 heterocycles. The van der Waals surface area contributed by atoms with E-state index >= 15 is 0 Å². The molecule has 0 fully saturated rings. The quantitative estimate of drug-likeness (QED) is 0.378. The van der Waals surface area contributed by atoms with Crippen LogP contribution in [0.3, 0.4) is 0 Å². The van der Waals surface area contributed by atoms with E-state index in [2.05, 4.69) is 15.5 Å². The van der Waals surface area contributed by atoms with Crippen LogP contribution in [0, 0.1) is 24.0 Å². The summed E-state index contributed by atoms with van der Waals surface area (Å²) in [6.45, 7) is 3.97. The molecular weight excluding hydrogens is 376 g/mol. The number of rotatable bonds is 6. The van der Waals surface area contributed by atoms with Crippen LogP contribution in [0.1, 0.15) is 11.1 Å². The molecular formula is C20H18N4O3S. The molecule has 0 spiro atoms. The van der Waals surface area contributed by atoms with Gasteiger partial charge in [0.05, 0.1) is 16.4 Å². The van der Waals surface area contributed by atoms with Gasteiger partial charge in [0.1, 0.15) is 5.03 Å². The molecule has 3 rings (SSSR count). The van der Waals surface area contributed by atoms with E-state index in [9.17, 15) is 14.9 Å². The lowest BCUT2D eigenvalue weighted by atomic mass is 10.1. The minimum Gasteiger partial charge on any atom is -0.325 e. The SMILES string of the molecule is Cc1cccc(NC(=O)CSc2ccc(-c3cccc([N+](=O)[O-])c3)nn2)c1C. The molecule has 7 nitrogen and oxygen atoms in total. The van der Waals surface area contributed by atoms with Crippen molar-refractivity contribution in [1.29, 1.82) is 0 Å². The summed E-state index contributed by atoms with van der Waals surface area (Å²) in [6, 6.07) is 15.5. The highest BCUT2D eigenvalue weighted by Gasteiger charge is 2.10. The fraction of sp³-hybridized carbons (Fsp3) is 0.150. The molecule has 0 aliphatic heterocycles. The number of thioether (sulfide) groups is 1. The fourth-order valence-electron chi connectivity index (χ4n) is 2.54. The summed E-state index contributed by atoms with van der Waals surface area (Å²) in [5.74, 6) is 0.0846. The third-order valence-electron chi connectivity index (χ3n) is 4.22. The van der Waals surface area contributed by atoms with E-state index in [1.807, 2.05) is 32.0 Å². The summed E-state index contributed by atoms with van der Waals surface area (Å²) in [5, 5.41) is 22.6. The van der Waals surface area contributed by atoms with Gasteiger partial charge in [-0.25, -0.2) is 0 Å². The number of carbonyl (C=O) groups is 1. The van der Waals surface area contributed by atoms with Crippen molar-refractivity contribution in [3.63, 3.8) is 0 Å². The first kappa shape index (κ1) is 19.5. The zero-order valence-corrected chi connectivity index (χ0v) is 16.2. The smallest absolute Gasteiger partial charge is 0.270 e. The van der Waals surface area contributed by atoms with E-state index < -0.39 is 4.92 Å². The largest absolute Gasteiger partial charge is 0.325 e. The molecule has 0 atom stereocenters. The maximum absolute atomic E-state index is 12.2. The molecule has 1 aromatic heterocycles. The Kier molecular flexibility index (Phi) is 6.00. The van der Waals surface area contributed by atoms with Crippen LogP contribution in [0.2, 0.25) is 0 Å². The highest BCUT2D eigenvalue weighted by molar-refractivity contribution is 7.99. The summed E-state index contributed by atoms with van der Waals surface area (Å²) < 4.78 is 0. The van der Waals surface area contributed by atoms with Crippen molar-refractivity contribution in [1.82, 2.24) is 10.2 Å². The number of aryl methyl sites for hydroxylation is 1. The van der Waals surface area contributed by atoms with E-state index in [-0.39, 0.29) is 17.3 Å². The maximum Gasteiger partial charge on any atom is 0.270 e. The molecule has 0 radical (unpaired) electrons. The Morgan fingerprint density at radius 2 is 1.89 bits per heavy atom. The van der Waals surface area contributed by atoms with Crippen molar-refractivity contribution < 1.29 is 9.72 Å². The van der Waals surface area contributed by atoms with Gasteiger partial charge in [-0.2, -0.15) is 0 Å². The highest BCUT2D eigenvalue weighted by Crippen LogP contribution is 2.24. The Labute approximate surface area is 166 Å². The predicted octanol–water partition coefficient (Wildman–Crippen LogP) is 4.40. The summed E-state index contributed by atoms with van der Waals surface area (Å²) in [7, 11) is 0. The zero-order chi connectivity index (χ0) is 20.1. The van der Waals surface area contributed by atoms with E-state index in [0.29, 0.717) is 16.3 Å². The van der Waals surface area contributed by atoms with E-state index in [1.54, 1.807) is 24.3 Å². The second-order valence-electron chi connectivity index (χ2n) is 6.15. The molecule has 28 heavy (non-hydrogen) atoms. The highest BCUT2D eigenvalue weighted by atomic mass is 32.2. The summed E-state index contributed by atoms with van der Waals surface area (Å²) in [6.07, 6.45) is 0. The number of nitro benzene ring substituents is 1. The van der Waals surface area contributed by atoms with Crippen molar-refractivity contribution in [2.45, 2.75) is 18.9 Å². The van der Waals surface area contributed by atoms with Crippen LogP contribution >= 0.6 is 11.8 Å². The van der Waals surface area contributed by atoms with Gasteiger partial charge >= 0.3 is 0 Å². The summed E-state index contributed by atoms with van der Waals surface area (Å²) >= 11 is 1.28. The molecule has 0 saturated heterocycles. The molecule has 0 bridgehead atoms. The van der Waals surface area contributed by atoms with Crippen molar-refractivity contribution in [3.05, 3.63) is 75.8 Å². The third-order valence-corrected chi connectivity index (χ3v) is 5.14. The van der Waals surface area contributed by atoms with Gasteiger partial charge < -0.3 is 5.32 Å². The van der Waals surface area contributed by atoms with Gasteiger partial charge in [-0.1, -0.05) is 36.0 Å². The number of nitrogens with zero attached hydrogens (tertiary/aromatic N) is 3. The monoisotopic (exact) mass is 394 g/mol. The van der Waals surface area contributed by atoms with Crippen molar-refractivity contribution in [2.75, 3.05) is 11.1 Å². The minimum atomic E-state index is -0.449. The fourth-order valence-corrected chi connectivity index (χ4v) is 3.16. The first-order valence-electron chi connectivity index (χ1n) is 8.51.